The van der Waals surface area contributed by atoms with Crippen LogP contribution >= 0.6 is 0 Å². The van der Waals surface area contributed by atoms with Crippen molar-refractivity contribution in [2.45, 2.75) is 39.2 Å². The first kappa shape index (κ1) is 15.7. The van der Waals surface area contributed by atoms with Crippen molar-refractivity contribution < 1.29 is 14.3 Å². The molecule has 2 rings (SSSR count). The molecule has 1 aromatic carbocycles. The lowest BCUT2D eigenvalue weighted by Gasteiger charge is -2.24. The third-order valence-corrected chi connectivity index (χ3v) is 3.97. The molecule has 0 radical (unpaired) electrons. The Hall–Kier alpha value is -1.71. The van der Waals surface area contributed by atoms with E-state index in [9.17, 15) is 4.79 Å². The second-order valence-corrected chi connectivity index (χ2v) is 5.69. The molecule has 4 nitrogen and oxygen atoms in total. The van der Waals surface area contributed by atoms with Gasteiger partial charge in [0.05, 0.1) is 6.61 Å². The summed E-state index contributed by atoms with van der Waals surface area (Å²) in [5, 5.41) is 0. The molecular formula is C17H25NO3. The van der Waals surface area contributed by atoms with Crippen molar-refractivity contribution in [1.29, 1.82) is 0 Å². The van der Waals surface area contributed by atoms with Crippen molar-refractivity contribution >= 4 is 5.91 Å². The second kappa shape index (κ2) is 7.34. The van der Waals surface area contributed by atoms with Crippen LogP contribution in [0.3, 0.4) is 0 Å². The number of amides is 1. The Balaban J connectivity index is 1.77. The third kappa shape index (κ3) is 4.66. The Morgan fingerprint density at radius 3 is 2.33 bits per heavy atom. The number of nitrogens with zero attached hydrogens (tertiary/aromatic N) is 1. The number of hydrogen-bond donors (Lipinski definition) is 0. The zero-order valence-corrected chi connectivity index (χ0v) is 13.2. The first-order valence-corrected chi connectivity index (χ1v) is 7.73. The molecule has 0 bridgehead atoms. The first-order chi connectivity index (χ1) is 10.1. The highest BCUT2D eigenvalue weighted by atomic mass is 16.5. The number of rotatable bonds is 8. The molecule has 1 aromatic rings. The fraction of sp³-hybridized carbons (Fsp3) is 0.588. The van der Waals surface area contributed by atoms with Gasteiger partial charge in [-0.3, -0.25) is 4.79 Å². The van der Waals surface area contributed by atoms with Crippen molar-refractivity contribution in [1.82, 2.24) is 4.90 Å². The second-order valence-electron chi connectivity index (χ2n) is 5.69. The van der Waals surface area contributed by atoms with Gasteiger partial charge in [0.1, 0.15) is 11.5 Å². The van der Waals surface area contributed by atoms with Gasteiger partial charge < -0.3 is 14.4 Å². The highest BCUT2D eigenvalue weighted by Crippen LogP contribution is 2.34. The molecule has 0 aliphatic heterocycles. The minimum Gasteiger partial charge on any atom is -0.494 e. The van der Waals surface area contributed by atoms with E-state index in [1.54, 1.807) is 4.90 Å². The lowest BCUT2D eigenvalue weighted by Crippen LogP contribution is -2.39. The van der Waals surface area contributed by atoms with Gasteiger partial charge in [0, 0.05) is 13.1 Å². The quantitative estimate of drug-likeness (QED) is 0.738. The summed E-state index contributed by atoms with van der Waals surface area (Å²) in [5.41, 5.74) is 0. The summed E-state index contributed by atoms with van der Waals surface area (Å²) in [4.78, 5) is 13.9. The standard InChI is InChI=1S/C17H25NO3/c1-4-11-20-15-7-9-16(10-8-15)21-12-17(19)18(3)13(2)14-5-6-14/h7-10,13-14H,4-6,11-12H2,1-3H3. The lowest BCUT2D eigenvalue weighted by molar-refractivity contribution is -0.134. The van der Waals surface area contributed by atoms with Crippen LogP contribution in [0.4, 0.5) is 0 Å². The highest BCUT2D eigenvalue weighted by molar-refractivity contribution is 5.77. The van der Waals surface area contributed by atoms with E-state index in [0.717, 1.165) is 12.2 Å². The molecule has 4 heteroatoms. The van der Waals surface area contributed by atoms with Crippen molar-refractivity contribution in [2.75, 3.05) is 20.3 Å². The zero-order valence-electron chi connectivity index (χ0n) is 13.2. The van der Waals surface area contributed by atoms with Crippen molar-refractivity contribution in [3.63, 3.8) is 0 Å². The molecule has 1 saturated carbocycles. The van der Waals surface area contributed by atoms with E-state index in [-0.39, 0.29) is 12.5 Å². The van der Waals surface area contributed by atoms with Crippen LogP contribution in [0.1, 0.15) is 33.1 Å². The molecule has 0 saturated heterocycles. The van der Waals surface area contributed by atoms with E-state index < -0.39 is 0 Å². The van der Waals surface area contributed by atoms with Gasteiger partial charge in [0.15, 0.2) is 6.61 Å². The molecule has 0 spiro atoms. The zero-order chi connectivity index (χ0) is 15.2. The van der Waals surface area contributed by atoms with E-state index in [0.29, 0.717) is 24.3 Å². The Morgan fingerprint density at radius 2 is 1.81 bits per heavy atom. The molecule has 0 N–H and O–H groups in total. The molecule has 21 heavy (non-hydrogen) atoms. The minimum absolute atomic E-state index is 0.0284. The predicted octanol–water partition coefficient (Wildman–Crippen LogP) is 3.11. The molecule has 0 aromatic heterocycles. The third-order valence-electron chi connectivity index (χ3n) is 3.97. The molecule has 1 fully saturated rings. The van der Waals surface area contributed by atoms with E-state index in [1.807, 2.05) is 31.3 Å². The predicted molar refractivity (Wildman–Crippen MR) is 82.7 cm³/mol. The topological polar surface area (TPSA) is 38.8 Å². The number of ether oxygens (including phenoxy) is 2. The van der Waals surface area contributed by atoms with Crippen LogP contribution in [0.5, 0.6) is 11.5 Å². The van der Waals surface area contributed by atoms with Gasteiger partial charge in [-0.1, -0.05) is 6.92 Å². The maximum Gasteiger partial charge on any atom is 0.260 e. The highest BCUT2D eigenvalue weighted by Gasteiger charge is 2.32. The normalized spacial score (nSPS) is 15.4. The monoisotopic (exact) mass is 291 g/mol. The maximum absolute atomic E-state index is 12.1. The SMILES string of the molecule is CCCOc1ccc(OCC(=O)N(C)C(C)C2CC2)cc1. The summed E-state index contributed by atoms with van der Waals surface area (Å²) in [6, 6.07) is 7.72. The number of hydrogen-bond acceptors (Lipinski definition) is 3. The smallest absolute Gasteiger partial charge is 0.260 e. The van der Waals surface area contributed by atoms with Crippen molar-refractivity contribution in [2.24, 2.45) is 5.92 Å². The Labute approximate surface area is 127 Å². The van der Waals surface area contributed by atoms with Crippen LogP contribution in [0.15, 0.2) is 24.3 Å². The summed E-state index contributed by atoms with van der Waals surface area (Å²) < 4.78 is 11.1. The van der Waals surface area contributed by atoms with Crippen LogP contribution in [-0.2, 0) is 4.79 Å². The lowest BCUT2D eigenvalue weighted by atomic mass is 10.2. The van der Waals surface area contributed by atoms with Gasteiger partial charge in [0.2, 0.25) is 0 Å². The molecule has 1 amide bonds. The number of benzene rings is 1. The average Bonchev–Trinajstić information content (AvgIpc) is 3.35. The molecule has 1 unspecified atom stereocenters. The Bertz CT molecular complexity index is 454. The van der Waals surface area contributed by atoms with Crippen LogP contribution in [0.25, 0.3) is 0 Å². The van der Waals surface area contributed by atoms with Gasteiger partial charge >= 0.3 is 0 Å². The molecule has 0 heterocycles. The van der Waals surface area contributed by atoms with Crippen LogP contribution in [0.2, 0.25) is 0 Å². The number of carbonyl (C=O) groups is 1. The summed E-state index contributed by atoms with van der Waals surface area (Å²) in [6.45, 7) is 4.98. The van der Waals surface area contributed by atoms with Crippen LogP contribution < -0.4 is 9.47 Å². The summed E-state index contributed by atoms with van der Waals surface area (Å²) in [7, 11) is 1.86. The first-order valence-electron chi connectivity index (χ1n) is 7.73. The number of carbonyl (C=O) groups excluding carboxylic acids is 1. The molecule has 116 valence electrons. The summed E-state index contributed by atoms with van der Waals surface area (Å²) in [6.07, 6.45) is 3.45. The maximum atomic E-state index is 12.1. The van der Waals surface area contributed by atoms with Crippen molar-refractivity contribution in [3.8, 4) is 11.5 Å². The van der Waals surface area contributed by atoms with E-state index in [1.165, 1.54) is 12.8 Å². The van der Waals surface area contributed by atoms with E-state index >= 15 is 0 Å². The molecule has 1 aliphatic carbocycles. The fourth-order valence-corrected chi connectivity index (χ4v) is 2.22. The molecular weight excluding hydrogens is 266 g/mol. The largest absolute Gasteiger partial charge is 0.494 e. The van der Waals surface area contributed by atoms with Gasteiger partial charge in [-0.25, -0.2) is 0 Å². The average molecular weight is 291 g/mol. The Morgan fingerprint density at radius 1 is 1.24 bits per heavy atom. The van der Waals surface area contributed by atoms with Crippen LogP contribution in [0, 0.1) is 5.92 Å². The minimum atomic E-state index is 0.0284. The molecule has 1 atom stereocenters. The number of likely N-dealkylation sites (N-methyl/N-ethyl adjacent to an activating group) is 1. The van der Waals surface area contributed by atoms with Crippen LogP contribution in [-0.4, -0.2) is 37.1 Å². The van der Waals surface area contributed by atoms with E-state index in [4.69, 9.17) is 9.47 Å². The van der Waals surface area contributed by atoms with E-state index in [2.05, 4.69) is 13.8 Å². The molecule has 1 aliphatic rings. The van der Waals surface area contributed by atoms with Gasteiger partial charge in [-0.2, -0.15) is 0 Å². The van der Waals surface area contributed by atoms with Gasteiger partial charge in [-0.15, -0.1) is 0 Å². The fourth-order valence-electron chi connectivity index (χ4n) is 2.22. The van der Waals surface area contributed by atoms with Crippen molar-refractivity contribution in [3.05, 3.63) is 24.3 Å². The van der Waals surface area contributed by atoms with Gasteiger partial charge in [0.25, 0.3) is 5.91 Å². The van der Waals surface area contributed by atoms with Gasteiger partial charge in [-0.05, 0) is 56.4 Å². The summed E-state index contributed by atoms with van der Waals surface area (Å²) in [5.74, 6) is 2.23. The summed E-state index contributed by atoms with van der Waals surface area (Å²) >= 11 is 0. The Kier molecular flexibility index (Phi) is 5.48.